The van der Waals surface area contributed by atoms with E-state index in [9.17, 15) is 0 Å². The van der Waals surface area contributed by atoms with Crippen LogP contribution in [0.2, 0.25) is 4.34 Å². The van der Waals surface area contributed by atoms with Crippen LogP contribution in [-0.4, -0.2) is 0 Å². The molecule has 2 rings (SSSR count). The lowest BCUT2D eigenvalue weighted by atomic mass is 9.86. The van der Waals surface area contributed by atoms with E-state index in [1.54, 1.807) is 11.3 Å². The van der Waals surface area contributed by atoms with Crippen molar-refractivity contribution in [2.24, 2.45) is 11.7 Å². The standard InChI is InChI=1S/C13H19BrClNS/c14-10-8-11(17-13(10)15)12(16)9-6-4-2-1-3-5-7-9/h8-9,12H,1-7,16H2. The third-order valence-corrected chi connectivity index (χ3v) is 6.23. The molecule has 0 aromatic carbocycles. The Morgan fingerprint density at radius 2 is 1.82 bits per heavy atom. The van der Waals surface area contributed by atoms with Crippen molar-refractivity contribution in [2.75, 3.05) is 0 Å². The van der Waals surface area contributed by atoms with Gasteiger partial charge in [-0.15, -0.1) is 11.3 Å². The first-order valence-electron chi connectivity index (χ1n) is 6.39. The molecule has 4 heteroatoms. The fourth-order valence-corrected chi connectivity index (χ4v) is 4.44. The molecule has 1 atom stereocenters. The first-order chi connectivity index (χ1) is 8.18. The summed E-state index contributed by atoms with van der Waals surface area (Å²) in [5, 5.41) is 0. The smallest absolute Gasteiger partial charge is 0.107 e. The van der Waals surface area contributed by atoms with Gasteiger partial charge in [0.15, 0.2) is 0 Å². The maximum atomic E-state index is 6.40. The summed E-state index contributed by atoms with van der Waals surface area (Å²) in [6.45, 7) is 0. The second kappa shape index (κ2) is 6.55. The monoisotopic (exact) mass is 335 g/mol. The van der Waals surface area contributed by atoms with Gasteiger partial charge in [0.2, 0.25) is 0 Å². The van der Waals surface area contributed by atoms with Crippen LogP contribution < -0.4 is 5.73 Å². The lowest BCUT2D eigenvalue weighted by Crippen LogP contribution is -2.21. The topological polar surface area (TPSA) is 26.0 Å². The molecule has 17 heavy (non-hydrogen) atoms. The average Bonchev–Trinajstić information content (AvgIpc) is 2.58. The minimum Gasteiger partial charge on any atom is -0.323 e. The van der Waals surface area contributed by atoms with Crippen LogP contribution in [0.4, 0.5) is 0 Å². The third kappa shape index (κ3) is 3.69. The molecule has 1 nitrogen and oxygen atoms in total. The largest absolute Gasteiger partial charge is 0.323 e. The van der Waals surface area contributed by atoms with Crippen LogP contribution in [0.25, 0.3) is 0 Å². The highest BCUT2D eigenvalue weighted by atomic mass is 79.9. The zero-order chi connectivity index (χ0) is 12.3. The first-order valence-corrected chi connectivity index (χ1v) is 8.37. The van der Waals surface area contributed by atoms with Crippen LogP contribution in [0.5, 0.6) is 0 Å². The van der Waals surface area contributed by atoms with Gasteiger partial charge in [-0.25, -0.2) is 0 Å². The van der Waals surface area contributed by atoms with Crippen LogP contribution in [0.15, 0.2) is 10.5 Å². The lowest BCUT2D eigenvalue weighted by Gasteiger charge is -2.24. The number of rotatable bonds is 2. The molecule has 0 spiro atoms. The predicted molar refractivity (Wildman–Crippen MR) is 79.8 cm³/mol. The molecule has 0 amide bonds. The van der Waals surface area contributed by atoms with Gasteiger partial charge in [-0.05, 0) is 40.8 Å². The van der Waals surface area contributed by atoms with Crippen molar-refractivity contribution < 1.29 is 0 Å². The maximum absolute atomic E-state index is 6.40. The van der Waals surface area contributed by atoms with E-state index in [2.05, 4.69) is 22.0 Å². The minimum atomic E-state index is 0.168. The third-order valence-electron chi connectivity index (χ3n) is 3.65. The van der Waals surface area contributed by atoms with Gasteiger partial charge >= 0.3 is 0 Å². The van der Waals surface area contributed by atoms with Crippen molar-refractivity contribution in [2.45, 2.75) is 51.0 Å². The van der Waals surface area contributed by atoms with E-state index < -0.39 is 0 Å². The van der Waals surface area contributed by atoms with Gasteiger partial charge in [0.05, 0.1) is 0 Å². The molecular weight excluding hydrogens is 318 g/mol. The summed E-state index contributed by atoms with van der Waals surface area (Å²) in [7, 11) is 0. The second-order valence-corrected chi connectivity index (χ2v) is 7.44. The quantitative estimate of drug-likeness (QED) is 0.755. The summed E-state index contributed by atoms with van der Waals surface area (Å²) in [6.07, 6.45) is 9.36. The highest BCUT2D eigenvalue weighted by Crippen LogP contribution is 2.39. The lowest BCUT2D eigenvalue weighted by molar-refractivity contribution is 0.330. The van der Waals surface area contributed by atoms with Gasteiger partial charge in [0, 0.05) is 15.4 Å². The average molecular weight is 337 g/mol. The van der Waals surface area contributed by atoms with Crippen LogP contribution in [0.1, 0.15) is 55.9 Å². The molecule has 0 bridgehead atoms. The fourth-order valence-electron chi connectivity index (χ4n) is 2.61. The molecule has 2 N–H and O–H groups in total. The first kappa shape index (κ1) is 13.9. The van der Waals surface area contributed by atoms with Gasteiger partial charge < -0.3 is 5.73 Å². The number of hydrogen-bond donors (Lipinski definition) is 1. The van der Waals surface area contributed by atoms with E-state index in [1.807, 2.05) is 0 Å². The SMILES string of the molecule is NC(c1cc(Br)c(Cl)s1)C1CCCCCCC1. The zero-order valence-corrected chi connectivity index (χ0v) is 13.1. The highest BCUT2D eigenvalue weighted by molar-refractivity contribution is 9.10. The second-order valence-electron chi connectivity index (χ2n) is 4.90. The van der Waals surface area contributed by atoms with Crippen molar-refractivity contribution in [1.82, 2.24) is 0 Å². The molecule has 1 heterocycles. The Morgan fingerprint density at radius 3 is 2.35 bits per heavy atom. The number of hydrogen-bond acceptors (Lipinski definition) is 2. The molecule has 1 aliphatic carbocycles. The summed E-state index contributed by atoms with van der Waals surface area (Å²) in [4.78, 5) is 1.23. The number of halogens is 2. The molecule has 1 aliphatic rings. The Labute approximate surface area is 121 Å². The summed E-state index contributed by atoms with van der Waals surface area (Å²) >= 11 is 11.2. The zero-order valence-electron chi connectivity index (χ0n) is 9.92. The van der Waals surface area contributed by atoms with E-state index in [0.717, 1.165) is 8.81 Å². The molecule has 1 fully saturated rings. The van der Waals surface area contributed by atoms with Crippen molar-refractivity contribution >= 4 is 38.9 Å². The summed E-state index contributed by atoms with van der Waals surface area (Å²) in [5.41, 5.74) is 6.40. The molecule has 1 aromatic heterocycles. The Morgan fingerprint density at radius 1 is 1.24 bits per heavy atom. The van der Waals surface area contributed by atoms with Crippen LogP contribution >= 0.6 is 38.9 Å². The maximum Gasteiger partial charge on any atom is 0.107 e. The highest BCUT2D eigenvalue weighted by Gasteiger charge is 2.22. The molecule has 1 aromatic rings. The fraction of sp³-hybridized carbons (Fsp3) is 0.692. The molecule has 96 valence electrons. The van der Waals surface area contributed by atoms with Crippen molar-refractivity contribution in [1.29, 1.82) is 0 Å². The van der Waals surface area contributed by atoms with Gasteiger partial charge in [0.25, 0.3) is 0 Å². The van der Waals surface area contributed by atoms with E-state index in [0.29, 0.717) is 5.92 Å². The molecule has 0 saturated heterocycles. The summed E-state index contributed by atoms with van der Waals surface area (Å²) in [5.74, 6) is 0.636. The molecule has 0 radical (unpaired) electrons. The van der Waals surface area contributed by atoms with Crippen LogP contribution in [0.3, 0.4) is 0 Å². The van der Waals surface area contributed by atoms with Crippen LogP contribution in [-0.2, 0) is 0 Å². The van der Waals surface area contributed by atoms with Crippen LogP contribution in [0, 0.1) is 5.92 Å². The Bertz CT molecular complexity index is 339. The molecule has 1 unspecified atom stereocenters. The minimum absolute atomic E-state index is 0.168. The van der Waals surface area contributed by atoms with Crippen molar-refractivity contribution in [3.8, 4) is 0 Å². The van der Waals surface area contributed by atoms with Crippen molar-refractivity contribution in [3.63, 3.8) is 0 Å². The van der Waals surface area contributed by atoms with Gasteiger partial charge in [-0.1, -0.05) is 43.7 Å². The molecular formula is C13H19BrClNS. The van der Waals surface area contributed by atoms with Gasteiger partial charge in [-0.3, -0.25) is 0 Å². The van der Waals surface area contributed by atoms with Gasteiger partial charge in [0.1, 0.15) is 4.34 Å². The summed E-state index contributed by atoms with van der Waals surface area (Å²) in [6, 6.07) is 2.26. The molecule has 0 aliphatic heterocycles. The number of nitrogens with two attached hydrogens (primary N) is 1. The van der Waals surface area contributed by atoms with E-state index in [4.69, 9.17) is 17.3 Å². The van der Waals surface area contributed by atoms with E-state index >= 15 is 0 Å². The Hall–Kier alpha value is 0.430. The predicted octanol–water partition coefficient (Wildman–Crippen LogP) is 5.52. The van der Waals surface area contributed by atoms with Gasteiger partial charge in [-0.2, -0.15) is 0 Å². The Kier molecular flexibility index (Phi) is 5.34. The van der Waals surface area contributed by atoms with E-state index in [1.165, 1.54) is 49.8 Å². The molecule has 1 saturated carbocycles. The van der Waals surface area contributed by atoms with E-state index in [-0.39, 0.29) is 6.04 Å². The normalized spacial score (nSPS) is 20.9. The van der Waals surface area contributed by atoms with Crippen molar-refractivity contribution in [3.05, 3.63) is 19.8 Å². The number of thiophene rings is 1. The summed E-state index contributed by atoms with van der Waals surface area (Å²) < 4.78 is 1.81. The Balaban J connectivity index is 2.04.